The van der Waals surface area contributed by atoms with Gasteiger partial charge in [0.2, 0.25) is 6.79 Å². The summed E-state index contributed by atoms with van der Waals surface area (Å²) in [6.45, 7) is 2.77. The Labute approximate surface area is 150 Å². The molecule has 1 atom stereocenters. The molecule has 6 nitrogen and oxygen atoms in total. The molecule has 0 saturated carbocycles. The van der Waals surface area contributed by atoms with Crippen LogP contribution < -0.4 is 14.8 Å². The molecule has 0 bridgehead atoms. The third-order valence-corrected chi connectivity index (χ3v) is 5.45. The van der Waals surface area contributed by atoms with E-state index in [4.69, 9.17) is 13.9 Å². The minimum absolute atomic E-state index is 0.113. The summed E-state index contributed by atoms with van der Waals surface area (Å²) in [7, 11) is 0. The maximum atomic E-state index is 12.5. The lowest BCUT2D eigenvalue weighted by Crippen LogP contribution is -2.41. The van der Waals surface area contributed by atoms with Gasteiger partial charge in [-0.2, -0.15) is 11.8 Å². The van der Waals surface area contributed by atoms with Gasteiger partial charge in [-0.1, -0.05) is 0 Å². The number of amides is 1. The molecule has 2 aliphatic rings. The molecule has 0 radical (unpaired) electrons. The summed E-state index contributed by atoms with van der Waals surface area (Å²) in [4.78, 5) is 15.0. The Bertz CT molecular complexity index is 729. The van der Waals surface area contributed by atoms with Crippen LogP contribution in [0, 0.1) is 0 Å². The van der Waals surface area contributed by atoms with Crippen molar-refractivity contribution in [3.8, 4) is 11.5 Å². The monoisotopic (exact) mass is 360 g/mol. The molecule has 3 heterocycles. The van der Waals surface area contributed by atoms with E-state index in [0.29, 0.717) is 23.6 Å². The van der Waals surface area contributed by atoms with E-state index in [1.54, 1.807) is 30.7 Å². The van der Waals surface area contributed by atoms with Gasteiger partial charge < -0.3 is 19.2 Å². The highest BCUT2D eigenvalue weighted by atomic mass is 32.2. The summed E-state index contributed by atoms with van der Waals surface area (Å²) >= 11 is 1.97. The minimum atomic E-state index is -0.113. The van der Waals surface area contributed by atoms with E-state index in [1.165, 1.54) is 0 Å². The van der Waals surface area contributed by atoms with E-state index in [-0.39, 0.29) is 18.7 Å². The molecule has 2 aromatic rings. The van der Waals surface area contributed by atoms with Crippen molar-refractivity contribution >= 4 is 17.7 Å². The molecule has 25 heavy (non-hydrogen) atoms. The smallest absolute Gasteiger partial charge is 0.251 e. The highest BCUT2D eigenvalue weighted by Gasteiger charge is 2.24. The number of carbonyl (C=O) groups is 1. The molecule has 0 spiro atoms. The molecule has 7 heteroatoms. The van der Waals surface area contributed by atoms with Crippen LogP contribution in [0.3, 0.4) is 0 Å². The maximum Gasteiger partial charge on any atom is 0.251 e. The van der Waals surface area contributed by atoms with E-state index in [0.717, 1.165) is 30.2 Å². The van der Waals surface area contributed by atoms with Gasteiger partial charge in [-0.3, -0.25) is 9.69 Å². The van der Waals surface area contributed by atoms with E-state index in [2.05, 4.69) is 10.2 Å². The van der Waals surface area contributed by atoms with Gasteiger partial charge in [-0.25, -0.2) is 0 Å². The van der Waals surface area contributed by atoms with Crippen LogP contribution >= 0.6 is 11.8 Å². The van der Waals surface area contributed by atoms with E-state index in [9.17, 15) is 4.79 Å². The molecule has 132 valence electrons. The Morgan fingerprint density at radius 1 is 1.20 bits per heavy atom. The fourth-order valence-corrected chi connectivity index (χ4v) is 4.07. The van der Waals surface area contributed by atoms with Gasteiger partial charge in [-0.05, 0) is 24.3 Å². The third-order valence-electron chi connectivity index (χ3n) is 4.51. The molecule has 1 fully saturated rings. The Hall–Kier alpha value is -2.12. The maximum absolute atomic E-state index is 12.5. The number of nitrogens with one attached hydrogen (secondary N) is 1. The second-order valence-electron chi connectivity index (χ2n) is 6.00. The van der Waals surface area contributed by atoms with Gasteiger partial charge in [-0.15, -0.1) is 0 Å². The summed E-state index contributed by atoms with van der Waals surface area (Å²) in [5, 5.41) is 3.05. The molecule has 1 amide bonds. The van der Waals surface area contributed by atoms with E-state index < -0.39 is 0 Å². The van der Waals surface area contributed by atoms with Crippen LogP contribution in [0.1, 0.15) is 22.0 Å². The topological polar surface area (TPSA) is 63.9 Å². The number of furan rings is 1. The van der Waals surface area contributed by atoms with Crippen LogP contribution in [0.25, 0.3) is 0 Å². The van der Waals surface area contributed by atoms with Gasteiger partial charge in [0.15, 0.2) is 11.5 Å². The number of hydrogen-bond acceptors (Lipinski definition) is 6. The van der Waals surface area contributed by atoms with Crippen LogP contribution in [0.15, 0.2) is 41.2 Å². The van der Waals surface area contributed by atoms with E-state index >= 15 is 0 Å². The lowest BCUT2D eigenvalue weighted by molar-refractivity contribution is 0.0934. The van der Waals surface area contributed by atoms with Gasteiger partial charge in [0.1, 0.15) is 0 Å². The average molecular weight is 360 g/mol. The second kappa shape index (κ2) is 7.41. The highest BCUT2D eigenvalue weighted by molar-refractivity contribution is 7.99. The lowest BCUT2D eigenvalue weighted by Gasteiger charge is -2.34. The quantitative estimate of drug-likeness (QED) is 0.884. The molecule has 2 aliphatic heterocycles. The normalized spacial score (nSPS) is 18.1. The van der Waals surface area contributed by atoms with Gasteiger partial charge in [0.25, 0.3) is 5.91 Å². The predicted octanol–water partition coefficient (Wildman–Crippen LogP) is 2.53. The lowest BCUT2D eigenvalue weighted by atomic mass is 10.1. The number of benzene rings is 1. The standard InChI is InChI=1S/C18H20N2O4S/c21-18(13-1-2-16-17(9-13)24-12-23-16)19-10-15(14-3-6-22-11-14)20-4-7-25-8-5-20/h1-3,6,9,11,15H,4-5,7-8,10,12H2,(H,19,21). The average Bonchev–Trinajstić information content (AvgIpc) is 3.34. The fourth-order valence-electron chi connectivity index (χ4n) is 3.14. The van der Waals surface area contributed by atoms with Crippen LogP contribution in [-0.2, 0) is 0 Å². The predicted molar refractivity (Wildman–Crippen MR) is 95.2 cm³/mol. The minimum Gasteiger partial charge on any atom is -0.472 e. The number of nitrogens with zero attached hydrogens (tertiary/aromatic N) is 1. The summed E-state index contributed by atoms with van der Waals surface area (Å²) in [5.41, 5.74) is 1.67. The first-order valence-electron chi connectivity index (χ1n) is 8.33. The fraction of sp³-hybridized carbons (Fsp3) is 0.389. The van der Waals surface area contributed by atoms with Crippen molar-refractivity contribution in [1.29, 1.82) is 0 Å². The van der Waals surface area contributed by atoms with Crippen molar-refractivity contribution in [3.05, 3.63) is 47.9 Å². The van der Waals surface area contributed by atoms with Crippen LogP contribution in [-0.4, -0.2) is 48.7 Å². The number of thioether (sulfide) groups is 1. The summed E-state index contributed by atoms with van der Waals surface area (Å²) in [6.07, 6.45) is 3.44. The van der Waals surface area contributed by atoms with Gasteiger partial charge >= 0.3 is 0 Å². The zero-order chi connectivity index (χ0) is 17.1. The van der Waals surface area contributed by atoms with Crippen molar-refractivity contribution < 1.29 is 18.7 Å². The molecule has 0 aliphatic carbocycles. The SMILES string of the molecule is O=C(NCC(c1ccoc1)N1CCSCC1)c1ccc2c(c1)OCO2. The van der Waals surface area contributed by atoms with Crippen LogP contribution in [0.2, 0.25) is 0 Å². The van der Waals surface area contributed by atoms with Crippen molar-refractivity contribution in [2.75, 3.05) is 37.9 Å². The highest BCUT2D eigenvalue weighted by Crippen LogP contribution is 2.32. The van der Waals surface area contributed by atoms with Crippen LogP contribution in [0.4, 0.5) is 0 Å². The first kappa shape index (κ1) is 16.4. The Balaban J connectivity index is 1.44. The molecule has 4 rings (SSSR count). The van der Waals surface area contributed by atoms with E-state index in [1.807, 2.05) is 17.8 Å². The van der Waals surface area contributed by atoms with Crippen LogP contribution in [0.5, 0.6) is 11.5 Å². The van der Waals surface area contributed by atoms with Crippen molar-refractivity contribution in [1.82, 2.24) is 10.2 Å². The first-order valence-corrected chi connectivity index (χ1v) is 9.48. The first-order chi connectivity index (χ1) is 12.3. The van der Waals surface area contributed by atoms with Crippen molar-refractivity contribution in [2.45, 2.75) is 6.04 Å². The molecular weight excluding hydrogens is 340 g/mol. The zero-order valence-corrected chi connectivity index (χ0v) is 14.6. The largest absolute Gasteiger partial charge is 0.472 e. The Kier molecular flexibility index (Phi) is 4.85. The Morgan fingerprint density at radius 2 is 2.04 bits per heavy atom. The van der Waals surface area contributed by atoms with Crippen molar-refractivity contribution in [3.63, 3.8) is 0 Å². The van der Waals surface area contributed by atoms with Gasteiger partial charge in [0, 0.05) is 42.3 Å². The number of fused-ring (bicyclic) bond motifs is 1. The molecule has 1 aromatic carbocycles. The molecule has 1 aromatic heterocycles. The Morgan fingerprint density at radius 3 is 2.84 bits per heavy atom. The number of ether oxygens (including phenoxy) is 2. The van der Waals surface area contributed by atoms with Crippen molar-refractivity contribution in [2.24, 2.45) is 0 Å². The molecule has 1 N–H and O–H groups in total. The second-order valence-corrected chi connectivity index (χ2v) is 7.22. The summed E-state index contributed by atoms with van der Waals surface area (Å²) in [5.74, 6) is 3.42. The summed E-state index contributed by atoms with van der Waals surface area (Å²) < 4.78 is 15.9. The number of carbonyl (C=O) groups excluding carboxylic acids is 1. The third kappa shape index (κ3) is 3.62. The summed E-state index contributed by atoms with van der Waals surface area (Å²) in [6, 6.07) is 7.35. The number of hydrogen-bond donors (Lipinski definition) is 1. The number of rotatable bonds is 5. The molecular formula is C18H20N2O4S. The molecule has 1 unspecified atom stereocenters. The van der Waals surface area contributed by atoms with Gasteiger partial charge in [0.05, 0.1) is 18.6 Å². The zero-order valence-electron chi connectivity index (χ0n) is 13.8. The molecule has 1 saturated heterocycles.